The zero-order valence-corrected chi connectivity index (χ0v) is 16.3. The molecule has 140 valence electrons. The van der Waals surface area contributed by atoms with Crippen molar-refractivity contribution >= 4 is 28.9 Å². The normalized spacial score (nSPS) is 23.4. The lowest BCUT2D eigenvalue weighted by molar-refractivity contribution is -0.0632. The van der Waals surface area contributed by atoms with Crippen molar-refractivity contribution in [3.8, 4) is 0 Å². The Kier molecular flexibility index (Phi) is 5.41. The summed E-state index contributed by atoms with van der Waals surface area (Å²) in [6, 6.07) is 7.38. The van der Waals surface area contributed by atoms with Gasteiger partial charge in [0, 0.05) is 48.1 Å². The highest BCUT2D eigenvalue weighted by molar-refractivity contribution is 6.36. The van der Waals surface area contributed by atoms with Crippen molar-refractivity contribution in [3.63, 3.8) is 0 Å². The molecular formula is C19H19Cl2N5O. The summed E-state index contributed by atoms with van der Waals surface area (Å²) >= 11 is 12.8. The number of aromatic nitrogens is 2. The zero-order valence-electron chi connectivity index (χ0n) is 14.8. The van der Waals surface area contributed by atoms with Crippen LogP contribution in [-0.4, -0.2) is 58.5 Å². The van der Waals surface area contributed by atoms with Crippen LogP contribution in [0.1, 0.15) is 17.4 Å². The molecule has 2 aliphatic rings. The minimum Gasteiger partial charge on any atom is -0.371 e. The molecule has 8 heteroatoms. The number of ether oxygens (including phenoxy) is 1. The van der Waals surface area contributed by atoms with Gasteiger partial charge in [-0.25, -0.2) is 15.0 Å². The van der Waals surface area contributed by atoms with Crippen LogP contribution < -0.4 is 0 Å². The Bertz CT molecular complexity index is 853. The molecule has 1 saturated heterocycles. The van der Waals surface area contributed by atoms with Crippen molar-refractivity contribution in [2.45, 2.75) is 12.4 Å². The highest BCUT2D eigenvalue weighted by Gasteiger charge is 2.32. The van der Waals surface area contributed by atoms with E-state index >= 15 is 0 Å². The van der Waals surface area contributed by atoms with Gasteiger partial charge in [0.2, 0.25) is 0 Å². The van der Waals surface area contributed by atoms with Gasteiger partial charge in [0.25, 0.3) is 0 Å². The van der Waals surface area contributed by atoms with E-state index < -0.39 is 0 Å². The maximum atomic E-state index is 6.38. The SMILES string of the molecule is CN1C=CC(c2ccncn2)=N[C@H]1N1CCOC(c2c(Cl)cccc2Cl)C1. The number of nitrogens with zero attached hydrogens (tertiary/aromatic N) is 5. The predicted molar refractivity (Wildman–Crippen MR) is 106 cm³/mol. The Balaban J connectivity index is 1.59. The molecule has 0 amide bonds. The molecule has 1 aromatic carbocycles. The minimum atomic E-state index is -0.197. The van der Waals surface area contributed by atoms with Crippen molar-refractivity contribution in [2.75, 3.05) is 26.7 Å². The lowest BCUT2D eigenvalue weighted by Crippen LogP contribution is -2.50. The van der Waals surface area contributed by atoms with Crippen molar-refractivity contribution in [1.29, 1.82) is 0 Å². The highest BCUT2D eigenvalue weighted by Crippen LogP contribution is 2.35. The first-order chi connectivity index (χ1) is 13.1. The fourth-order valence-electron chi connectivity index (χ4n) is 3.33. The van der Waals surface area contributed by atoms with E-state index in [2.05, 4.69) is 19.8 Å². The molecule has 1 aromatic heterocycles. The maximum absolute atomic E-state index is 6.38. The molecule has 2 atom stereocenters. The Hall–Kier alpha value is -1.99. The summed E-state index contributed by atoms with van der Waals surface area (Å²) in [5.74, 6) is 0. The standard InChI is InChI=1S/C19H19Cl2N5O/c1-25-8-6-16(15-5-7-22-12-23-15)24-19(25)26-9-10-27-17(11-26)18-13(20)3-2-4-14(18)21/h2-8,12,17,19H,9-11H2,1H3/t17?,19-/m1/s1. The molecule has 2 aliphatic heterocycles. The smallest absolute Gasteiger partial charge is 0.178 e. The average molecular weight is 404 g/mol. The first-order valence-corrected chi connectivity index (χ1v) is 9.43. The van der Waals surface area contributed by atoms with Gasteiger partial charge >= 0.3 is 0 Å². The molecule has 6 nitrogen and oxygen atoms in total. The van der Waals surface area contributed by atoms with E-state index in [-0.39, 0.29) is 12.4 Å². The van der Waals surface area contributed by atoms with Crippen LogP contribution in [0.3, 0.4) is 0 Å². The molecule has 1 fully saturated rings. The molecule has 2 aromatic rings. The van der Waals surface area contributed by atoms with Crippen LogP contribution in [0, 0.1) is 0 Å². The Morgan fingerprint density at radius 1 is 1.19 bits per heavy atom. The molecular weight excluding hydrogens is 385 g/mol. The number of hydrogen-bond acceptors (Lipinski definition) is 6. The van der Waals surface area contributed by atoms with Crippen LogP contribution in [0.2, 0.25) is 10.0 Å². The van der Waals surface area contributed by atoms with Crippen molar-refractivity contribution in [2.24, 2.45) is 4.99 Å². The number of morpholine rings is 1. The summed E-state index contributed by atoms with van der Waals surface area (Å²) in [5.41, 5.74) is 2.47. The van der Waals surface area contributed by atoms with Gasteiger partial charge in [0.1, 0.15) is 6.33 Å². The summed E-state index contributed by atoms with van der Waals surface area (Å²) in [4.78, 5) is 17.5. The molecule has 1 unspecified atom stereocenters. The lowest BCUT2D eigenvalue weighted by Gasteiger charge is -2.41. The van der Waals surface area contributed by atoms with Gasteiger partial charge < -0.3 is 9.64 Å². The second-order valence-electron chi connectivity index (χ2n) is 6.43. The second-order valence-corrected chi connectivity index (χ2v) is 7.24. The first-order valence-electron chi connectivity index (χ1n) is 8.67. The van der Waals surface area contributed by atoms with E-state index in [1.54, 1.807) is 6.20 Å². The Labute approximate surface area is 168 Å². The Morgan fingerprint density at radius 2 is 2.00 bits per heavy atom. The van der Waals surface area contributed by atoms with E-state index in [9.17, 15) is 0 Å². The minimum absolute atomic E-state index is 0.146. The van der Waals surface area contributed by atoms with Gasteiger partial charge in [-0.15, -0.1) is 0 Å². The summed E-state index contributed by atoms with van der Waals surface area (Å²) < 4.78 is 5.98. The van der Waals surface area contributed by atoms with Gasteiger partial charge in [0.05, 0.1) is 24.1 Å². The second kappa shape index (κ2) is 7.94. The fourth-order valence-corrected chi connectivity index (χ4v) is 3.97. The fraction of sp³-hybridized carbons (Fsp3) is 0.316. The van der Waals surface area contributed by atoms with Gasteiger partial charge in [-0.05, 0) is 24.3 Å². The van der Waals surface area contributed by atoms with Crippen LogP contribution in [0.4, 0.5) is 0 Å². The summed E-state index contributed by atoms with van der Waals surface area (Å²) in [6.07, 6.45) is 6.88. The molecule has 0 bridgehead atoms. The number of aliphatic imine (C=N–C) groups is 1. The number of benzene rings is 1. The first kappa shape index (κ1) is 18.4. The zero-order chi connectivity index (χ0) is 18.8. The molecule has 0 radical (unpaired) electrons. The molecule has 0 spiro atoms. The van der Waals surface area contributed by atoms with Crippen molar-refractivity contribution < 1.29 is 4.74 Å². The highest BCUT2D eigenvalue weighted by atomic mass is 35.5. The molecule has 4 rings (SSSR count). The molecule has 0 saturated carbocycles. The van der Waals surface area contributed by atoms with E-state index in [0.29, 0.717) is 23.2 Å². The van der Waals surface area contributed by atoms with Gasteiger partial charge in [-0.3, -0.25) is 4.90 Å². The van der Waals surface area contributed by atoms with Crippen LogP contribution >= 0.6 is 23.2 Å². The number of allylic oxidation sites excluding steroid dienone is 1. The third kappa shape index (κ3) is 3.84. The number of rotatable bonds is 3. The Morgan fingerprint density at radius 3 is 2.74 bits per heavy atom. The summed E-state index contributed by atoms with van der Waals surface area (Å²) in [6.45, 7) is 1.99. The third-order valence-electron chi connectivity index (χ3n) is 4.68. The van der Waals surface area contributed by atoms with E-state index in [4.69, 9.17) is 32.9 Å². The molecule has 3 heterocycles. The average Bonchev–Trinajstić information content (AvgIpc) is 2.69. The summed E-state index contributed by atoms with van der Waals surface area (Å²) in [7, 11) is 2.01. The van der Waals surface area contributed by atoms with Crippen LogP contribution in [0.15, 0.2) is 54.1 Å². The largest absolute Gasteiger partial charge is 0.371 e. The molecule has 0 N–H and O–H groups in total. The van der Waals surface area contributed by atoms with E-state index in [0.717, 1.165) is 23.5 Å². The number of hydrogen-bond donors (Lipinski definition) is 0. The predicted octanol–water partition coefficient (Wildman–Crippen LogP) is 3.39. The maximum Gasteiger partial charge on any atom is 0.178 e. The van der Waals surface area contributed by atoms with Crippen LogP contribution in [0.25, 0.3) is 0 Å². The van der Waals surface area contributed by atoms with Gasteiger partial charge in [-0.2, -0.15) is 0 Å². The topological polar surface area (TPSA) is 53.9 Å². The quantitative estimate of drug-likeness (QED) is 0.785. The lowest BCUT2D eigenvalue weighted by atomic mass is 10.1. The third-order valence-corrected chi connectivity index (χ3v) is 5.34. The number of halogens is 2. The van der Waals surface area contributed by atoms with Crippen LogP contribution in [0.5, 0.6) is 0 Å². The molecule has 27 heavy (non-hydrogen) atoms. The van der Waals surface area contributed by atoms with Gasteiger partial charge in [-0.1, -0.05) is 29.3 Å². The van der Waals surface area contributed by atoms with E-state index in [1.165, 1.54) is 6.33 Å². The van der Waals surface area contributed by atoms with E-state index in [1.807, 2.05) is 43.6 Å². The van der Waals surface area contributed by atoms with Gasteiger partial charge in [0.15, 0.2) is 6.29 Å². The monoisotopic (exact) mass is 403 g/mol. The summed E-state index contributed by atoms with van der Waals surface area (Å²) in [5, 5.41) is 1.24. The molecule has 0 aliphatic carbocycles. The van der Waals surface area contributed by atoms with Crippen LogP contribution in [-0.2, 0) is 4.74 Å². The van der Waals surface area contributed by atoms with Crippen molar-refractivity contribution in [1.82, 2.24) is 19.8 Å². The van der Waals surface area contributed by atoms with Crippen molar-refractivity contribution in [3.05, 3.63) is 70.4 Å².